The molecule has 2 aliphatic rings. The highest BCUT2D eigenvalue weighted by atomic mass is 16.7. The molecule has 7 nitrogen and oxygen atoms in total. The fourth-order valence-corrected chi connectivity index (χ4v) is 2.17. The molecule has 0 aromatic carbocycles. The van der Waals surface area contributed by atoms with Gasteiger partial charge in [-0.3, -0.25) is 19.5 Å². The van der Waals surface area contributed by atoms with Gasteiger partial charge in [-0.05, 0) is 0 Å². The molecule has 2 fully saturated rings. The summed E-state index contributed by atoms with van der Waals surface area (Å²) in [6.45, 7) is 0.254. The second-order valence-corrected chi connectivity index (χ2v) is 4.10. The van der Waals surface area contributed by atoms with Gasteiger partial charge in [0.05, 0.1) is 12.6 Å². The lowest BCUT2D eigenvalue weighted by Gasteiger charge is -2.27. The minimum atomic E-state index is -0.803. The first-order valence-corrected chi connectivity index (χ1v) is 5.27. The van der Waals surface area contributed by atoms with Gasteiger partial charge in [-0.15, -0.1) is 0 Å². The molecule has 2 bridgehead atoms. The van der Waals surface area contributed by atoms with Crippen LogP contribution in [0.4, 0.5) is 0 Å². The van der Waals surface area contributed by atoms with E-state index in [4.69, 9.17) is 9.47 Å². The molecule has 0 radical (unpaired) electrons. The van der Waals surface area contributed by atoms with Gasteiger partial charge >= 0.3 is 0 Å². The highest BCUT2D eigenvalue weighted by molar-refractivity contribution is 5.83. The minimum Gasteiger partial charge on any atom is -0.343 e. The zero-order chi connectivity index (χ0) is 12.0. The standard InChI is InChI=1S/C10H10N2O5/c13-6-3-5(7-4-16-10(6)17-7)12-9(15)2-1-8(14)11-12/h1-2,5,7,10H,3-4H2,(H,11,14)/t5-,7-,10-/m0/s1. The van der Waals surface area contributed by atoms with Gasteiger partial charge in [-0.2, -0.15) is 0 Å². The van der Waals surface area contributed by atoms with Gasteiger partial charge < -0.3 is 9.47 Å². The Morgan fingerprint density at radius 2 is 2.12 bits per heavy atom. The second-order valence-electron chi connectivity index (χ2n) is 4.10. The van der Waals surface area contributed by atoms with E-state index in [-0.39, 0.29) is 30.5 Å². The molecular weight excluding hydrogens is 228 g/mol. The number of aromatic nitrogens is 2. The van der Waals surface area contributed by atoms with Crippen LogP contribution in [0.3, 0.4) is 0 Å². The molecule has 0 spiro atoms. The number of ketones is 1. The summed E-state index contributed by atoms with van der Waals surface area (Å²) < 4.78 is 11.6. The Morgan fingerprint density at radius 3 is 2.94 bits per heavy atom. The van der Waals surface area contributed by atoms with Crippen LogP contribution in [0.25, 0.3) is 0 Å². The summed E-state index contributed by atoms with van der Waals surface area (Å²) in [6, 6.07) is 1.83. The highest BCUT2D eigenvalue weighted by Crippen LogP contribution is 2.31. The Labute approximate surface area is 94.9 Å². The number of fused-ring (bicyclic) bond motifs is 2. The van der Waals surface area contributed by atoms with Crippen molar-refractivity contribution in [2.75, 3.05) is 6.61 Å². The van der Waals surface area contributed by atoms with Crippen LogP contribution in [0.15, 0.2) is 21.7 Å². The number of rotatable bonds is 1. The SMILES string of the molecule is O=C1C[C@H](n2[nH]c(=O)ccc2=O)[C@@H]2CO[C@H]1O2. The Bertz CT molecular complexity index is 575. The highest BCUT2D eigenvalue weighted by Gasteiger charge is 2.44. The lowest BCUT2D eigenvalue weighted by molar-refractivity contribution is -0.156. The maximum atomic E-state index is 11.6. The second kappa shape index (κ2) is 3.64. The number of nitrogens with one attached hydrogen (secondary N) is 1. The number of hydrogen-bond acceptors (Lipinski definition) is 5. The van der Waals surface area contributed by atoms with Crippen molar-refractivity contribution >= 4 is 5.78 Å². The lowest BCUT2D eigenvalue weighted by Crippen LogP contribution is -2.43. The number of carbonyl (C=O) groups is 1. The van der Waals surface area contributed by atoms with E-state index in [0.717, 1.165) is 10.7 Å². The third-order valence-corrected chi connectivity index (χ3v) is 2.99. The first-order valence-electron chi connectivity index (χ1n) is 5.27. The Morgan fingerprint density at radius 1 is 1.29 bits per heavy atom. The van der Waals surface area contributed by atoms with Crippen molar-refractivity contribution in [1.29, 1.82) is 0 Å². The quantitative estimate of drug-likeness (QED) is 0.663. The maximum Gasteiger partial charge on any atom is 0.265 e. The fraction of sp³-hybridized carbons (Fsp3) is 0.500. The normalized spacial score (nSPS) is 31.8. The van der Waals surface area contributed by atoms with Crippen molar-refractivity contribution in [3.63, 3.8) is 0 Å². The first kappa shape index (κ1) is 10.4. The topological polar surface area (TPSA) is 90.4 Å². The predicted octanol–water partition coefficient (Wildman–Crippen LogP) is -1.21. The number of hydrogen-bond donors (Lipinski definition) is 1. The van der Waals surface area contributed by atoms with Gasteiger partial charge in [0.1, 0.15) is 6.10 Å². The summed E-state index contributed by atoms with van der Waals surface area (Å²) in [4.78, 5) is 34.4. The molecule has 17 heavy (non-hydrogen) atoms. The third kappa shape index (κ3) is 1.63. The summed E-state index contributed by atoms with van der Waals surface area (Å²) >= 11 is 0. The van der Waals surface area contributed by atoms with E-state index in [9.17, 15) is 14.4 Å². The molecule has 3 heterocycles. The Hall–Kier alpha value is -1.73. The molecule has 2 aliphatic heterocycles. The molecule has 90 valence electrons. The van der Waals surface area contributed by atoms with E-state index >= 15 is 0 Å². The van der Waals surface area contributed by atoms with Crippen molar-refractivity contribution in [1.82, 2.24) is 9.78 Å². The van der Waals surface area contributed by atoms with Crippen molar-refractivity contribution < 1.29 is 14.3 Å². The molecule has 3 atom stereocenters. The summed E-state index contributed by atoms with van der Waals surface area (Å²) in [6.07, 6.45) is -1.04. The molecular formula is C10H10N2O5. The molecule has 1 N–H and O–H groups in total. The molecule has 3 rings (SSSR count). The van der Waals surface area contributed by atoms with Gasteiger partial charge in [0.2, 0.25) is 6.29 Å². The number of aromatic amines is 1. The molecule has 0 aliphatic carbocycles. The smallest absolute Gasteiger partial charge is 0.265 e. The molecule has 0 unspecified atom stereocenters. The summed E-state index contributed by atoms with van der Waals surface area (Å²) in [5, 5.41) is 2.41. The number of nitrogens with zero attached hydrogens (tertiary/aromatic N) is 1. The van der Waals surface area contributed by atoms with Crippen LogP contribution in [0.1, 0.15) is 12.5 Å². The zero-order valence-electron chi connectivity index (χ0n) is 8.79. The van der Waals surface area contributed by atoms with Crippen molar-refractivity contribution in [2.24, 2.45) is 0 Å². The summed E-state index contributed by atoms with van der Waals surface area (Å²) in [5.41, 5.74) is -0.755. The van der Waals surface area contributed by atoms with Crippen LogP contribution in [0, 0.1) is 0 Å². The first-order chi connectivity index (χ1) is 8.15. The van der Waals surface area contributed by atoms with Crippen molar-refractivity contribution in [3.8, 4) is 0 Å². The molecule has 0 amide bonds. The summed E-state index contributed by atoms with van der Waals surface area (Å²) in [5.74, 6) is -0.208. The van der Waals surface area contributed by atoms with Gasteiger partial charge in [0, 0.05) is 18.6 Å². The average molecular weight is 238 g/mol. The molecule has 7 heteroatoms. The van der Waals surface area contributed by atoms with E-state index in [1.807, 2.05) is 0 Å². The van der Waals surface area contributed by atoms with Crippen LogP contribution < -0.4 is 11.1 Å². The Balaban J connectivity index is 2.03. The van der Waals surface area contributed by atoms with Crippen molar-refractivity contribution in [3.05, 3.63) is 32.8 Å². The van der Waals surface area contributed by atoms with Crippen LogP contribution in [-0.4, -0.2) is 34.6 Å². The number of ether oxygens (including phenoxy) is 2. The zero-order valence-corrected chi connectivity index (χ0v) is 8.79. The summed E-state index contributed by atoms with van der Waals surface area (Å²) in [7, 11) is 0. The van der Waals surface area contributed by atoms with E-state index < -0.39 is 17.9 Å². The third-order valence-electron chi connectivity index (χ3n) is 2.99. The number of H-pyrrole nitrogens is 1. The van der Waals surface area contributed by atoms with E-state index in [1.54, 1.807) is 0 Å². The van der Waals surface area contributed by atoms with Crippen LogP contribution >= 0.6 is 0 Å². The largest absolute Gasteiger partial charge is 0.343 e. The van der Waals surface area contributed by atoms with Gasteiger partial charge in [0.15, 0.2) is 5.78 Å². The number of Topliss-reactive ketones (excluding diaryl/α,β-unsaturated/α-hetero) is 1. The van der Waals surface area contributed by atoms with E-state index in [1.165, 1.54) is 6.07 Å². The van der Waals surface area contributed by atoms with Gasteiger partial charge in [-0.1, -0.05) is 0 Å². The molecule has 2 saturated heterocycles. The van der Waals surface area contributed by atoms with E-state index in [2.05, 4.69) is 5.10 Å². The van der Waals surface area contributed by atoms with Crippen LogP contribution in [0.5, 0.6) is 0 Å². The van der Waals surface area contributed by atoms with E-state index in [0.29, 0.717) is 0 Å². The van der Waals surface area contributed by atoms with Gasteiger partial charge in [0.25, 0.3) is 11.1 Å². The fourth-order valence-electron chi connectivity index (χ4n) is 2.17. The maximum absolute atomic E-state index is 11.6. The van der Waals surface area contributed by atoms with Gasteiger partial charge in [-0.25, -0.2) is 4.68 Å². The monoisotopic (exact) mass is 238 g/mol. The molecule has 1 aromatic rings. The lowest BCUT2D eigenvalue weighted by atomic mass is 10.0. The molecule has 1 aromatic heterocycles. The Kier molecular flexibility index (Phi) is 2.23. The van der Waals surface area contributed by atoms with Crippen LogP contribution in [-0.2, 0) is 14.3 Å². The van der Waals surface area contributed by atoms with Crippen molar-refractivity contribution in [2.45, 2.75) is 24.9 Å². The minimum absolute atomic E-state index is 0.134. The molecule has 0 saturated carbocycles. The van der Waals surface area contributed by atoms with Crippen LogP contribution in [0.2, 0.25) is 0 Å². The predicted molar refractivity (Wildman–Crippen MR) is 54.6 cm³/mol. The average Bonchev–Trinajstić information content (AvgIpc) is 2.73. The number of carbonyl (C=O) groups excluding carboxylic acids is 1.